The van der Waals surface area contributed by atoms with Crippen molar-refractivity contribution in [2.24, 2.45) is 0 Å². The molecule has 2 rings (SSSR count). The lowest BCUT2D eigenvalue weighted by Crippen LogP contribution is -2.00. The largest absolute Gasteiger partial charge is 0.388 e. The highest BCUT2D eigenvalue weighted by atomic mass is 35.5. The second kappa shape index (κ2) is 4.18. The van der Waals surface area contributed by atoms with E-state index in [0.717, 1.165) is 0 Å². The number of hydrogen-bond acceptors (Lipinski definition) is 3. The molecule has 0 aliphatic rings. The van der Waals surface area contributed by atoms with Crippen molar-refractivity contribution in [2.75, 3.05) is 0 Å². The van der Waals surface area contributed by atoms with E-state index >= 15 is 0 Å². The maximum atomic E-state index is 9.03. The molecule has 1 heterocycles. The second-order valence-electron chi connectivity index (χ2n) is 2.87. The molecule has 1 aromatic heterocycles. The summed E-state index contributed by atoms with van der Waals surface area (Å²) in [6, 6.07) is 5.06. The third-order valence-corrected chi connectivity index (χ3v) is 2.48. The lowest BCUT2D eigenvalue weighted by atomic mass is 10.3. The summed E-state index contributed by atoms with van der Waals surface area (Å²) in [6.45, 7) is -0.206. The SMILES string of the molecule is OCc1nncn1-c1cc(Cl)ccc1Cl. The Bertz CT molecular complexity index is 484. The van der Waals surface area contributed by atoms with E-state index in [2.05, 4.69) is 10.2 Å². The summed E-state index contributed by atoms with van der Waals surface area (Å²) >= 11 is 11.9. The zero-order chi connectivity index (χ0) is 10.8. The van der Waals surface area contributed by atoms with Crippen molar-refractivity contribution in [1.82, 2.24) is 14.8 Å². The number of halogens is 2. The molecule has 0 saturated carbocycles. The molecular formula is C9H7Cl2N3O. The van der Waals surface area contributed by atoms with Gasteiger partial charge in [-0.2, -0.15) is 0 Å². The van der Waals surface area contributed by atoms with Crippen LogP contribution in [0.5, 0.6) is 0 Å². The van der Waals surface area contributed by atoms with Gasteiger partial charge in [0.15, 0.2) is 5.82 Å². The molecule has 6 heteroatoms. The maximum Gasteiger partial charge on any atom is 0.163 e. The van der Waals surface area contributed by atoms with Crippen LogP contribution in [-0.2, 0) is 6.61 Å². The Morgan fingerprint density at radius 3 is 2.87 bits per heavy atom. The van der Waals surface area contributed by atoms with E-state index in [-0.39, 0.29) is 6.61 Å². The summed E-state index contributed by atoms with van der Waals surface area (Å²) in [5.74, 6) is 0.416. The van der Waals surface area contributed by atoms with Crippen LogP contribution in [0.1, 0.15) is 5.82 Å². The quantitative estimate of drug-likeness (QED) is 0.879. The van der Waals surface area contributed by atoms with Crippen LogP contribution in [0.2, 0.25) is 10.0 Å². The number of aliphatic hydroxyl groups is 1. The van der Waals surface area contributed by atoms with Crippen LogP contribution in [0.15, 0.2) is 24.5 Å². The van der Waals surface area contributed by atoms with Gasteiger partial charge in [-0.25, -0.2) is 0 Å². The Morgan fingerprint density at radius 2 is 2.13 bits per heavy atom. The molecule has 78 valence electrons. The average molecular weight is 244 g/mol. The molecule has 0 atom stereocenters. The maximum absolute atomic E-state index is 9.03. The van der Waals surface area contributed by atoms with Crippen LogP contribution in [0.4, 0.5) is 0 Å². The fraction of sp³-hybridized carbons (Fsp3) is 0.111. The normalized spacial score (nSPS) is 10.6. The van der Waals surface area contributed by atoms with E-state index in [4.69, 9.17) is 28.3 Å². The van der Waals surface area contributed by atoms with Crippen molar-refractivity contribution < 1.29 is 5.11 Å². The molecule has 0 radical (unpaired) electrons. The number of benzene rings is 1. The van der Waals surface area contributed by atoms with Crippen LogP contribution in [0, 0.1) is 0 Å². The summed E-state index contributed by atoms with van der Waals surface area (Å²) < 4.78 is 1.59. The lowest BCUT2D eigenvalue weighted by Gasteiger charge is -2.07. The van der Waals surface area contributed by atoms with Crippen molar-refractivity contribution >= 4 is 23.2 Å². The van der Waals surface area contributed by atoms with Gasteiger partial charge >= 0.3 is 0 Å². The van der Waals surface area contributed by atoms with Crippen molar-refractivity contribution in [3.63, 3.8) is 0 Å². The number of aliphatic hydroxyl groups excluding tert-OH is 1. The van der Waals surface area contributed by atoms with E-state index in [1.165, 1.54) is 6.33 Å². The van der Waals surface area contributed by atoms with Crippen molar-refractivity contribution in [3.8, 4) is 5.69 Å². The first kappa shape index (κ1) is 10.4. The van der Waals surface area contributed by atoms with Gasteiger partial charge in [-0.05, 0) is 18.2 Å². The van der Waals surface area contributed by atoms with E-state index in [1.807, 2.05) is 0 Å². The minimum atomic E-state index is -0.206. The summed E-state index contributed by atoms with van der Waals surface area (Å²) in [5.41, 5.74) is 0.651. The number of nitrogens with zero attached hydrogens (tertiary/aromatic N) is 3. The predicted molar refractivity (Wildman–Crippen MR) is 57.3 cm³/mol. The van der Waals surface area contributed by atoms with Gasteiger partial charge in [0.25, 0.3) is 0 Å². The van der Waals surface area contributed by atoms with Gasteiger partial charge in [-0.15, -0.1) is 10.2 Å². The van der Waals surface area contributed by atoms with Crippen LogP contribution >= 0.6 is 23.2 Å². The van der Waals surface area contributed by atoms with Gasteiger partial charge in [0, 0.05) is 5.02 Å². The summed E-state index contributed by atoms with van der Waals surface area (Å²) in [7, 11) is 0. The Labute approximate surface area is 96.1 Å². The van der Waals surface area contributed by atoms with E-state index in [1.54, 1.807) is 22.8 Å². The molecule has 1 N–H and O–H groups in total. The summed E-state index contributed by atoms with van der Waals surface area (Å²) in [6.07, 6.45) is 1.48. The van der Waals surface area contributed by atoms with Gasteiger partial charge in [-0.1, -0.05) is 23.2 Å². The van der Waals surface area contributed by atoms with E-state index < -0.39 is 0 Å². The Balaban J connectivity index is 2.58. The number of hydrogen-bond donors (Lipinski definition) is 1. The van der Waals surface area contributed by atoms with Crippen LogP contribution in [-0.4, -0.2) is 19.9 Å². The smallest absolute Gasteiger partial charge is 0.163 e. The third kappa shape index (κ3) is 1.97. The summed E-state index contributed by atoms with van der Waals surface area (Å²) in [5, 5.41) is 17.5. The molecule has 1 aromatic carbocycles. The van der Waals surface area contributed by atoms with Crippen molar-refractivity contribution in [3.05, 3.63) is 40.4 Å². The average Bonchev–Trinajstić information content (AvgIpc) is 2.69. The predicted octanol–water partition coefficient (Wildman–Crippen LogP) is 2.07. The van der Waals surface area contributed by atoms with Crippen LogP contribution in [0.3, 0.4) is 0 Å². The fourth-order valence-corrected chi connectivity index (χ4v) is 1.61. The van der Waals surface area contributed by atoms with Gasteiger partial charge in [0.05, 0.1) is 10.7 Å². The minimum Gasteiger partial charge on any atom is -0.388 e. The second-order valence-corrected chi connectivity index (χ2v) is 3.71. The van der Waals surface area contributed by atoms with Gasteiger partial charge in [0.2, 0.25) is 0 Å². The number of rotatable bonds is 2. The first-order valence-electron chi connectivity index (χ1n) is 4.17. The van der Waals surface area contributed by atoms with E-state index in [9.17, 15) is 0 Å². The van der Waals surface area contributed by atoms with Crippen molar-refractivity contribution in [2.45, 2.75) is 6.61 Å². The highest BCUT2D eigenvalue weighted by molar-refractivity contribution is 6.34. The first-order chi connectivity index (χ1) is 7.22. The molecule has 0 fully saturated rings. The molecule has 0 spiro atoms. The molecule has 0 amide bonds. The monoisotopic (exact) mass is 243 g/mol. The van der Waals surface area contributed by atoms with Gasteiger partial charge < -0.3 is 5.11 Å². The fourth-order valence-electron chi connectivity index (χ4n) is 1.24. The molecule has 0 unspecified atom stereocenters. The highest BCUT2D eigenvalue weighted by Gasteiger charge is 2.08. The summed E-state index contributed by atoms with van der Waals surface area (Å²) in [4.78, 5) is 0. The molecule has 0 aliphatic heterocycles. The molecular weight excluding hydrogens is 237 g/mol. The molecule has 0 saturated heterocycles. The van der Waals surface area contributed by atoms with Crippen LogP contribution in [0.25, 0.3) is 5.69 Å². The molecule has 2 aromatic rings. The molecule has 15 heavy (non-hydrogen) atoms. The topological polar surface area (TPSA) is 50.9 Å². The third-order valence-electron chi connectivity index (χ3n) is 1.93. The van der Waals surface area contributed by atoms with Crippen LogP contribution < -0.4 is 0 Å². The van der Waals surface area contributed by atoms with Crippen molar-refractivity contribution in [1.29, 1.82) is 0 Å². The zero-order valence-electron chi connectivity index (χ0n) is 7.56. The van der Waals surface area contributed by atoms with E-state index in [0.29, 0.717) is 21.6 Å². The lowest BCUT2D eigenvalue weighted by molar-refractivity contribution is 0.269. The Kier molecular flexibility index (Phi) is 2.90. The number of aromatic nitrogens is 3. The minimum absolute atomic E-state index is 0.206. The Hall–Kier alpha value is -1.10. The molecule has 4 nitrogen and oxygen atoms in total. The zero-order valence-corrected chi connectivity index (χ0v) is 9.07. The standard InChI is InChI=1S/C9H7Cl2N3O/c10-6-1-2-7(11)8(3-6)14-5-12-13-9(14)4-15/h1-3,5,15H,4H2. The molecule has 0 aliphatic carbocycles. The molecule has 0 bridgehead atoms. The van der Waals surface area contributed by atoms with Gasteiger partial charge in [-0.3, -0.25) is 4.57 Å². The Morgan fingerprint density at radius 1 is 1.33 bits per heavy atom. The highest BCUT2D eigenvalue weighted by Crippen LogP contribution is 2.24. The van der Waals surface area contributed by atoms with Gasteiger partial charge in [0.1, 0.15) is 12.9 Å². The first-order valence-corrected chi connectivity index (χ1v) is 4.93.